The zero-order valence-corrected chi connectivity index (χ0v) is 11.7. The first-order valence-electron chi connectivity index (χ1n) is 7.38. The molecule has 3 heteroatoms. The number of likely N-dealkylation sites (tertiary alicyclic amines) is 1. The molecule has 1 aromatic rings. The third-order valence-corrected chi connectivity index (χ3v) is 4.44. The van der Waals surface area contributed by atoms with Crippen LogP contribution in [-0.2, 0) is 4.74 Å². The van der Waals surface area contributed by atoms with E-state index in [1.165, 1.54) is 0 Å². The van der Waals surface area contributed by atoms with Gasteiger partial charge in [0.2, 0.25) is 0 Å². The van der Waals surface area contributed by atoms with Crippen molar-refractivity contribution in [1.29, 1.82) is 0 Å². The molecule has 104 valence electrons. The second kappa shape index (κ2) is 5.51. The molecule has 2 saturated heterocycles. The normalized spacial score (nSPS) is 26.7. The second-order valence-corrected chi connectivity index (χ2v) is 5.69. The van der Waals surface area contributed by atoms with E-state index < -0.39 is 0 Å². The highest BCUT2D eigenvalue weighted by atomic mass is 16.6. The van der Waals surface area contributed by atoms with E-state index in [0.717, 1.165) is 51.3 Å². The smallest absolute Gasteiger partial charge is 0.125 e. The number of hydrogen-bond donors (Lipinski definition) is 0. The van der Waals surface area contributed by atoms with E-state index >= 15 is 0 Å². The predicted octanol–water partition coefficient (Wildman–Crippen LogP) is 2.71. The van der Waals surface area contributed by atoms with Gasteiger partial charge in [0.1, 0.15) is 11.9 Å². The number of nitrogens with zero attached hydrogens (tertiary/aromatic N) is 1. The summed E-state index contributed by atoms with van der Waals surface area (Å²) in [4.78, 5) is 2.50. The van der Waals surface area contributed by atoms with Gasteiger partial charge in [0.25, 0.3) is 0 Å². The van der Waals surface area contributed by atoms with Crippen LogP contribution in [0.1, 0.15) is 26.2 Å². The minimum atomic E-state index is 0.0884. The van der Waals surface area contributed by atoms with Crippen LogP contribution < -0.4 is 4.74 Å². The van der Waals surface area contributed by atoms with Crippen LogP contribution in [0.2, 0.25) is 0 Å². The summed E-state index contributed by atoms with van der Waals surface area (Å²) in [5.74, 6) is 0.958. The molecule has 0 aliphatic carbocycles. The maximum absolute atomic E-state index is 6.11. The summed E-state index contributed by atoms with van der Waals surface area (Å²) >= 11 is 0. The molecular weight excluding hydrogens is 238 g/mol. The zero-order valence-electron chi connectivity index (χ0n) is 11.7. The molecule has 1 aromatic carbocycles. The summed E-state index contributed by atoms with van der Waals surface area (Å²) < 4.78 is 12.1. The molecule has 0 amide bonds. The van der Waals surface area contributed by atoms with Crippen molar-refractivity contribution < 1.29 is 9.47 Å². The fraction of sp³-hybridized carbons (Fsp3) is 0.625. The average Bonchev–Trinajstić information content (AvgIpc) is 2.84. The Labute approximate surface area is 115 Å². The van der Waals surface area contributed by atoms with Crippen LogP contribution in [-0.4, -0.2) is 42.8 Å². The molecule has 3 nitrogen and oxygen atoms in total. The number of hydrogen-bond acceptors (Lipinski definition) is 3. The maximum atomic E-state index is 6.11. The summed E-state index contributed by atoms with van der Waals surface area (Å²) in [6.07, 6.45) is 3.56. The van der Waals surface area contributed by atoms with E-state index in [0.29, 0.717) is 0 Å². The highest BCUT2D eigenvalue weighted by Crippen LogP contribution is 2.37. The van der Waals surface area contributed by atoms with Crippen molar-refractivity contribution in [1.82, 2.24) is 4.90 Å². The Morgan fingerprint density at radius 2 is 2.00 bits per heavy atom. The lowest BCUT2D eigenvalue weighted by Gasteiger charge is -2.38. The van der Waals surface area contributed by atoms with E-state index in [-0.39, 0.29) is 11.7 Å². The topological polar surface area (TPSA) is 21.7 Å². The van der Waals surface area contributed by atoms with Crippen molar-refractivity contribution in [2.75, 3.05) is 26.2 Å². The van der Waals surface area contributed by atoms with Gasteiger partial charge in [-0.3, -0.25) is 0 Å². The van der Waals surface area contributed by atoms with Crippen LogP contribution in [0.5, 0.6) is 5.75 Å². The van der Waals surface area contributed by atoms with E-state index in [2.05, 4.69) is 11.8 Å². The Morgan fingerprint density at radius 1 is 1.26 bits per heavy atom. The summed E-state index contributed by atoms with van der Waals surface area (Å²) in [7, 11) is 0. The van der Waals surface area contributed by atoms with Gasteiger partial charge in [-0.05, 0) is 31.5 Å². The van der Waals surface area contributed by atoms with Gasteiger partial charge in [-0.15, -0.1) is 0 Å². The monoisotopic (exact) mass is 261 g/mol. The fourth-order valence-electron chi connectivity index (χ4n) is 3.19. The van der Waals surface area contributed by atoms with Crippen molar-refractivity contribution in [3.63, 3.8) is 0 Å². The third-order valence-electron chi connectivity index (χ3n) is 4.44. The molecular formula is C16H23NO2. The van der Waals surface area contributed by atoms with Crippen LogP contribution >= 0.6 is 0 Å². The number of rotatable bonds is 3. The fourth-order valence-corrected chi connectivity index (χ4v) is 3.19. The van der Waals surface area contributed by atoms with Gasteiger partial charge in [0, 0.05) is 19.5 Å². The molecule has 0 aromatic heterocycles. The van der Waals surface area contributed by atoms with E-state index in [4.69, 9.17) is 9.47 Å². The standard InChI is InChI=1S/C16H23NO2/c1-2-17-10-8-16(9-11-17)12-15(13-18-16)19-14-6-4-3-5-7-14/h3-7,15H,2,8-13H2,1H3/t15-/m1/s1. The van der Waals surface area contributed by atoms with Crippen LogP contribution in [0, 0.1) is 0 Å². The van der Waals surface area contributed by atoms with Gasteiger partial charge in [-0.25, -0.2) is 0 Å². The van der Waals surface area contributed by atoms with Crippen molar-refractivity contribution >= 4 is 0 Å². The molecule has 1 spiro atoms. The number of ether oxygens (including phenoxy) is 2. The first-order chi connectivity index (χ1) is 9.30. The maximum Gasteiger partial charge on any atom is 0.125 e. The molecule has 2 aliphatic heterocycles. The van der Waals surface area contributed by atoms with E-state index in [1.807, 2.05) is 30.3 Å². The summed E-state index contributed by atoms with van der Waals surface area (Å²) in [6.45, 7) is 6.44. The van der Waals surface area contributed by atoms with Crippen LogP contribution in [0.3, 0.4) is 0 Å². The highest BCUT2D eigenvalue weighted by molar-refractivity contribution is 5.21. The van der Waals surface area contributed by atoms with Crippen LogP contribution in [0.4, 0.5) is 0 Å². The third kappa shape index (κ3) is 2.93. The van der Waals surface area contributed by atoms with Gasteiger partial charge >= 0.3 is 0 Å². The first-order valence-corrected chi connectivity index (χ1v) is 7.38. The van der Waals surface area contributed by atoms with Crippen molar-refractivity contribution in [2.45, 2.75) is 37.9 Å². The molecule has 2 heterocycles. The quantitative estimate of drug-likeness (QED) is 0.835. The minimum Gasteiger partial charge on any atom is -0.488 e. The molecule has 1 atom stereocenters. The lowest BCUT2D eigenvalue weighted by molar-refractivity contribution is -0.0431. The van der Waals surface area contributed by atoms with Crippen molar-refractivity contribution in [3.8, 4) is 5.75 Å². The van der Waals surface area contributed by atoms with Crippen molar-refractivity contribution in [2.24, 2.45) is 0 Å². The van der Waals surface area contributed by atoms with E-state index in [9.17, 15) is 0 Å². The lowest BCUT2D eigenvalue weighted by Crippen LogP contribution is -2.44. The molecule has 0 bridgehead atoms. The Morgan fingerprint density at radius 3 is 2.68 bits per heavy atom. The van der Waals surface area contributed by atoms with Gasteiger partial charge in [-0.1, -0.05) is 25.1 Å². The van der Waals surface area contributed by atoms with Crippen LogP contribution in [0.25, 0.3) is 0 Å². The van der Waals surface area contributed by atoms with Gasteiger partial charge in [0.05, 0.1) is 12.2 Å². The van der Waals surface area contributed by atoms with Gasteiger partial charge < -0.3 is 14.4 Å². The summed E-state index contributed by atoms with van der Waals surface area (Å²) in [5.41, 5.74) is 0.0884. The largest absolute Gasteiger partial charge is 0.488 e. The Bertz CT molecular complexity index is 398. The van der Waals surface area contributed by atoms with Crippen molar-refractivity contribution in [3.05, 3.63) is 30.3 Å². The molecule has 19 heavy (non-hydrogen) atoms. The highest BCUT2D eigenvalue weighted by Gasteiger charge is 2.43. The molecule has 2 aliphatic rings. The first kappa shape index (κ1) is 12.9. The lowest BCUT2D eigenvalue weighted by atomic mass is 9.88. The molecule has 0 N–H and O–H groups in total. The molecule has 0 radical (unpaired) electrons. The Balaban J connectivity index is 1.56. The molecule has 0 unspecified atom stereocenters. The molecule has 0 saturated carbocycles. The van der Waals surface area contributed by atoms with Gasteiger partial charge in [0.15, 0.2) is 0 Å². The second-order valence-electron chi connectivity index (χ2n) is 5.69. The summed E-state index contributed by atoms with van der Waals surface area (Å²) in [6, 6.07) is 10.1. The Hall–Kier alpha value is -1.06. The van der Waals surface area contributed by atoms with E-state index in [1.54, 1.807) is 0 Å². The Kier molecular flexibility index (Phi) is 3.76. The SMILES string of the molecule is CCN1CCC2(CC1)C[C@@H](Oc1ccccc1)CO2. The predicted molar refractivity (Wildman–Crippen MR) is 75.5 cm³/mol. The minimum absolute atomic E-state index is 0.0884. The molecule has 3 rings (SSSR count). The van der Waals surface area contributed by atoms with Crippen LogP contribution in [0.15, 0.2) is 30.3 Å². The number of piperidine rings is 1. The van der Waals surface area contributed by atoms with Gasteiger partial charge in [-0.2, -0.15) is 0 Å². The average molecular weight is 261 g/mol. The number of para-hydroxylation sites is 1. The number of benzene rings is 1. The molecule has 2 fully saturated rings. The summed E-state index contributed by atoms with van der Waals surface area (Å²) in [5, 5.41) is 0. The zero-order chi connectivity index (χ0) is 13.1.